The Morgan fingerprint density at radius 2 is 1.68 bits per heavy atom. The third-order valence-electron chi connectivity index (χ3n) is 16.0. The van der Waals surface area contributed by atoms with E-state index in [1.807, 2.05) is 75.2 Å². The van der Waals surface area contributed by atoms with E-state index in [0.29, 0.717) is 19.4 Å². The molecule has 406 valence electrons. The number of cyclic esters (lactones) is 1. The number of nitrogens with zero attached hydrogens (tertiary/aromatic N) is 8. The van der Waals surface area contributed by atoms with Gasteiger partial charge in [0.1, 0.15) is 23.9 Å². The van der Waals surface area contributed by atoms with E-state index >= 15 is 0 Å². The fourth-order valence-corrected chi connectivity index (χ4v) is 11.4. The normalized spacial score (nSPS) is 38.1. The molecule has 0 radical (unpaired) electrons. The van der Waals surface area contributed by atoms with Crippen molar-refractivity contribution in [2.24, 2.45) is 17.8 Å². The monoisotopic (exact) mass is 1010 g/mol. The molecule has 19 nitrogen and oxygen atoms in total. The Balaban J connectivity index is 1.17. The molecular weight excluding hydrogens is 925 g/mol. The second kappa shape index (κ2) is 24.9. The summed E-state index contributed by atoms with van der Waals surface area (Å²) in [5, 5.41) is 56.4. The number of aryl methyl sites for hydroxylation is 2. The minimum Gasteiger partial charge on any atom is -0.459 e. The summed E-state index contributed by atoms with van der Waals surface area (Å²) in [6, 6.07) is 3.47. The lowest BCUT2D eigenvalue weighted by Crippen LogP contribution is -2.59. The van der Waals surface area contributed by atoms with Gasteiger partial charge in [-0.25, -0.2) is 4.98 Å². The van der Waals surface area contributed by atoms with E-state index in [1.165, 1.54) is 14.0 Å². The van der Waals surface area contributed by atoms with E-state index < -0.39 is 89.9 Å². The summed E-state index contributed by atoms with van der Waals surface area (Å²) >= 11 is 0. The van der Waals surface area contributed by atoms with Crippen molar-refractivity contribution in [3.05, 3.63) is 48.9 Å². The van der Waals surface area contributed by atoms with Crippen LogP contribution >= 0.6 is 0 Å². The van der Waals surface area contributed by atoms with Crippen molar-refractivity contribution in [2.45, 2.75) is 218 Å². The fraction of sp³-hybridized carbons (Fsp3) is 0.792. The van der Waals surface area contributed by atoms with Gasteiger partial charge in [-0.05, 0) is 113 Å². The molecule has 0 bridgehead atoms. The fourth-order valence-electron chi connectivity index (χ4n) is 11.4. The van der Waals surface area contributed by atoms with Gasteiger partial charge in [-0.3, -0.25) is 14.5 Å². The lowest BCUT2D eigenvalue weighted by atomic mass is 9.77. The van der Waals surface area contributed by atoms with Crippen LogP contribution in [-0.4, -0.2) is 184 Å². The average molecular weight is 1010 g/mol. The van der Waals surface area contributed by atoms with Gasteiger partial charge in [0.2, 0.25) is 0 Å². The van der Waals surface area contributed by atoms with Crippen molar-refractivity contribution in [1.29, 1.82) is 0 Å². The highest BCUT2D eigenvalue weighted by Crippen LogP contribution is 2.40. The van der Waals surface area contributed by atoms with Crippen LogP contribution in [0.15, 0.2) is 43.2 Å². The zero-order valence-corrected chi connectivity index (χ0v) is 45.3. The van der Waals surface area contributed by atoms with E-state index in [-0.39, 0.29) is 37.3 Å². The number of methoxy groups -OCH3 is 1. The molecule has 19 heteroatoms. The molecule has 0 saturated carbocycles. The molecule has 72 heavy (non-hydrogen) atoms. The number of aliphatic hydroxyl groups excluding tert-OH is 2. The third kappa shape index (κ3) is 14.3. The molecular formula is C53H88N8O11. The number of imidazole rings is 1. The number of aliphatic hydroxyl groups is 4. The number of esters is 1. The standard InChI is InChI=1S/C53H88N8O11/c1-14-43-53(10,66)47(62)37(6)59(12)29-33(2)26-51(8,65)49(35(4)46(36(5)50(64)70-43)71-45-27-52(9,67-13)48(63)38(7)69-45)72-44-25-41(24-34(3)68-44)58(11)23-19-40-30-61(57-56-40)22-16-15-21-60-31-42(55-32-60)39-18-17-20-54-28-39/h17-18,20,28,30-38,41,43-49,62-63,65-66H,14-16,19,21-27,29H2,1-13H3/t33-,34-,35+,36-,37-,38+,41+,43-,44+,45+,46+,47-,48+,49-,51-,52-,53-/m1/s1. The number of aromatic nitrogens is 6. The molecule has 3 aliphatic heterocycles. The molecule has 0 amide bonds. The number of carbonyl (C=O) groups is 1. The van der Waals surface area contributed by atoms with Crippen molar-refractivity contribution < 1.29 is 53.6 Å². The minimum atomic E-state index is -1.80. The van der Waals surface area contributed by atoms with E-state index in [0.717, 1.165) is 55.8 Å². The van der Waals surface area contributed by atoms with Crippen LogP contribution in [0.2, 0.25) is 0 Å². The molecule has 0 aromatic carbocycles. The van der Waals surface area contributed by atoms with Crippen LogP contribution in [0.3, 0.4) is 0 Å². The van der Waals surface area contributed by atoms with Gasteiger partial charge in [0, 0.05) is 101 Å². The topological polar surface area (TPSA) is 221 Å². The molecule has 4 N–H and O–H groups in total. The minimum absolute atomic E-state index is 0.0774. The lowest BCUT2D eigenvalue weighted by molar-refractivity contribution is -0.308. The first-order valence-electron chi connectivity index (χ1n) is 26.4. The largest absolute Gasteiger partial charge is 0.459 e. The van der Waals surface area contributed by atoms with Gasteiger partial charge in [0.05, 0.1) is 59.3 Å². The van der Waals surface area contributed by atoms with E-state index in [4.69, 9.17) is 28.4 Å². The lowest BCUT2D eigenvalue weighted by Gasteiger charge is -2.48. The van der Waals surface area contributed by atoms with Crippen molar-refractivity contribution in [2.75, 3.05) is 34.3 Å². The number of rotatable bonds is 16. The van der Waals surface area contributed by atoms with Gasteiger partial charge in [0.25, 0.3) is 0 Å². The summed E-state index contributed by atoms with van der Waals surface area (Å²) in [5.74, 6) is -2.44. The highest BCUT2D eigenvalue weighted by molar-refractivity contribution is 5.73. The Hall–Kier alpha value is -3.47. The van der Waals surface area contributed by atoms with Crippen LogP contribution in [0.25, 0.3) is 11.3 Å². The molecule has 6 heterocycles. The molecule has 0 aliphatic carbocycles. The van der Waals surface area contributed by atoms with Gasteiger partial charge < -0.3 is 63.2 Å². The number of ether oxygens (including phenoxy) is 6. The van der Waals surface area contributed by atoms with Gasteiger partial charge in [-0.2, -0.15) is 0 Å². The van der Waals surface area contributed by atoms with Gasteiger partial charge in [-0.15, -0.1) is 5.10 Å². The number of carbonyl (C=O) groups excluding carboxylic acids is 1. The highest BCUT2D eigenvalue weighted by Gasteiger charge is 2.52. The van der Waals surface area contributed by atoms with Crippen LogP contribution in [-0.2, 0) is 52.7 Å². The number of unbranched alkanes of at least 4 members (excludes halogenated alkanes) is 1. The quantitative estimate of drug-likeness (QED) is 0.111. The highest BCUT2D eigenvalue weighted by atomic mass is 16.7. The van der Waals surface area contributed by atoms with Crippen LogP contribution in [0.5, 0.6) is 0 Å². The second-order valence-corrected chi connectivity index (χ2v) is 22.2. The van der Waals surface area contributed by atoms with Gasteiger partial charge in [-0.1, -0.05) is 26.0 Å². The maximum absolute atomic E-state index is 14.5. The number of pyridine rings is 1. The molecule has 3 saturated heterocycles. The average Bonchev–Trinajstić information content (AvgIpc) is 4.02. The summed E-state index contributed by atoms with van der Waals surface area (Å²) in [6.07, 6.45) is 6.43. The maximum atomic E-state index is 14.5. The molecule has 3 aromatic heterocycles. The van der Waals surface area contributed by atoms with Crippen molar-refractivity contribution in [1.82, 2.24) is 39.3 Å². The Bertz CT molecular complexity index is 2130. The Morgan fingerprint density at radius 3 is 2.38 bits per heavy atom. The summed E-state index contributed by atoms with van der Waals surface area (Å²) in [4.78, 5) is 27.5. The molecule has 3 fully saturated rings. The van der Waals surface area contributed by atoms with E-state index in [9.17, 15) is 25.2 Å². The molecule has 0 unspecified atom stereocenters. The van der Waals surface area contributed by atoms with Crippen molar-refractivity contribution >= 4 is 5.97 Å². The van der Waals surface area contributed by atoms with E-state index in [2.05, 4.69) is 43.0 Å². The maximum Gasteiger partial charge on any atom is 0.311 e. The number of likely N-dealkylation sites (N-methyl/N-ethyl adjacent to an activating group) is 2. The first kappa shape index (κ1) is 57.8. The predicted molar refractivity (Wildman–Crippen MR) is 270 cm³/mol. The van der Waals surface area contributed by atoms with Crippen LogP contribution < -0.4 is 0 Å². The smallest absolute Gasteiger partial charge is 0.311 e. The molecule has 3 aromatic rings. The van der Waals surface area contributed by atoms with Crippen LogP contribution in [0.4, 0.5) is 0 Å². The summed E-state index contributed by atoms with van der Waals surface area (Å²) < 4.78 is 42.8. The SMILES string of the molecule is CC[C@H]1OC(=O)[C@H](C)[C@@H](O[C@H]2C[C@@](C)(OC)[C@@H](O)[C@H](C)O2)[C@H](C)[C@@H](O[C@H]2C[C@@H](N(C)CCc3cn(CCCCn4cnc(-c5cccnc5)c4)nn3)C[C@@H](C)O2)[C@](C)(O)C[C@@H](C)CN(C)[C@H](C)[C@@H](O)[C@]1(C)O. The predicted octanol–water partition coefficient (Wildman–Crippen LogP) is 4.87. The van der Waals surface area contributed by atoms with Crippen molar-refractivity contribution in [3.63, 3.8) is 0 Å². The summed E-state index contributed by atoms with van der Waals surface area (Å²) in [6.45, 7) is 20.9. The number of hydrogen-bond donors (Lipinski definition) is 4. The Morgan fingerprint density at radius 1 is 0.944 bits per heavy atom. The zero-order chi connectivity index (χ0) is 52.7. The zero-order valence-electron chi connectivity index (χ0n) is 45.3. The Labute approximate surface area is 427 Å². The summed E-state index contributed by atoms with van der Waals surface area (Å²) in [5.41, 5.74) is -1.49. The van der Waals surface area contributed by atoms with Gasteiger partial charge >= 0.3 is 5.97 Å². The van der Waals surface area contributed by atoms with E-state index in [1.54, 1.807) is 40.8 Å². The molecule has 0 spiro atoms. The van der Waals surface area contributed by atoms with Crippen LogP contribution in [0.1, 0.15) is 120 Å². The Kier molecular flexibility index (Phi) is 20.0. The van der Waals surface area contributed by atoms with Crippen LogP contribution in [0, 0.1) is 17.8 Å². The molecule has 3 aliphatic rings. The first-order valence-corrected chi connectivity index (χ1v) is 26.4. The molecule has 6 rings (SSSR count). The first-order chi connectivity index (χ1) is 34.0. The summed E-state index contributed by atoms with van der Waals surface area (Å²) in [7, 11) is 5.51. The second-order valence-electron chi connectivity index (χ2n) is 22.2. The third-order valence-corrected chi connectivity index (χ3v) is 16.0. The van der Waals surface area contributed by atoms with Gasteiger partial charge in [0.15, 0.2) is 12.6 Å². The van der Waals surface area contributed by atoms with Crippen molar-refractivity contribution in [3.8, 4) is 11.3 Å². The molecule has 17 atom stereocenters. The number of hydrogen-bond acceptors (Lipinski definition) is 17.